The topological polar surface area (TPSA) is 109 Å². The fourth-order valence-corrected chi connectivity index (χ4v) is 24.1. The van der Waals surface area contributed by atoms with Gasteiger partial charge in [-0.05, 0) is 170 Å². The molecule has 0 aliphatic carbocycles. The first-order valence-corrected chi connectivity index (χ1v) is 42.8. The molecule has 0 saturated heterocycles. The largest absolute Gasteiger partial charge is 0.507 e. The van der Waals surface area contributed by atoms with E-state index >= 15 is 0 Å². The minimum atomic E-state index is -3.68. The highest BCUT2D eigenvalue weighted by Crippen LogP contribution is 2.44. The van der Waals surface area contributed by atoms with Gasteiger partial charge in [0, 0.05) is 46.2 Å². The Labute approximate surface area is 689 Å². The normalized spacial score (nSPS) is 10.9. The summed E-state index contributed by atoms with van der Waals surface area (Å²) in [7, 11) is -2.25. The molecule has 0 saturated carbocycles. The Bertz CT molecular complexity index is 5490. The molecule has 26 heteroatoms. The molecular weight excluding hydrogens is 1660 g/mol. The number of hydrogen-bond acceptors (Lipinski definition) is 8. The molecule has 0 bridgehead atoms. The third kappa shape index (κ3) is 21.3. The van der Waals surface area contributed by atoms with Crippen LogP contribution in [0.3, 0.4) is 0 Å². The maximum Gasteiger partial charge on any atom is 0.200 e. The van der Waals surface area contributed by atoms with Gasteiger partial charge >= 0.3 is 0 Å². The maximum absolute atomic E-state index is 14.4. The number of rotatable bonds is 18. The zero-order valence-electron chi connectivity index (χ0n) is 62.8. The summed E-state index contributed by atoms with van der Waals surface area (Å²) in [5, 5.41) is 49.1. The molecule has 0 radical (unpaired) electrons. The van der Waals surface area contributed by atoms with Crippen molar-refractivity contribution < 1.29 is 91.7 Å². The van der Waals surface area contributed by atoms with Crippen LogP contribution in [0.4, 0.5) is 57.1 Å². The van der Waals surface area contributed by atoms with E-state index in [9.17, 15) is 77.5 Å². The van der Waals surface area contributed by atoms with Gasteiger partial charge in [0.2, 0.25) is 11.6 Å². The van der Waals surface area contributed by atoms with E-state index in [1.54, 1.807) is 57.7 Å². The van der Waals surface area contributed by atoms with Gasteiger partial charge in [-0.2, -0.15) is 0 Å². The van der Waals surface area contributed by atoms with Crippen molar-refractivity contribution in [1.29, 1.82) is 0 Å². The highest BCUT2D eigenvalue weighted by molar-refractivity contribution is 7.84. The first-order valence-electron chi connectivity index (χ1n) is 35.7. The molecular formula is C93H68F13O7P5S. The molecule has 15 rings (SSSR count). The standard InChI is InChI=1S/C21H21O4P.C18H5F10OP.C18H12F3OP.C18H15OP.C18H15PS/c1-23-15-4-9-18(10-5-15)26(19-11-6-16(24-2)7-12-19)21-13-8-17(25-3)14-20(21)22;19-7-9(21)13(25)17(14(26)10(7)22)30(6-4-2-1-3-5(6)29)18-15(27)11(23)8(20)12(24)16(18)28;19-12-1-6-15(7-2-12)23(16-8-3-13(20)4-9-16)18-10-5-14(21)11-17(18)22;19-17-13-7-8-14-18(17)20(15-9-3-1-4-10-15)16-11-5-2-6-12-16;20-18-14-8-7-13-17(18)19(15-9-3-1-4-10-15)16-11-5-2-6-12-16/h4-14,22H,1-3H3;1-4,29H;1-11,22H;1-14,19H;1-14,20H. The molecule has 15 aromatic carbocycles. The highest BCUT2D eigenvalue weighted by atomic mass is 32.1. The Kier molecular flexibility index (Phi) is 31.0. The number of benzene rings is 15. The predicted molar refractivity (Wildman–Crippen MR) is 459 cm³/mol. The van der Waals surface area contributed by atoms with Crippen LogP contribution >= 0.6 is 52.2 Å². The number of halogens is 13. The second-order valence-corrected chi connectivity index (χ2v) is 36.4. The number of phenolic OH excluding ortho intramolecular Hbond substituents is 4. The van der Waals surface area contributed by atoms with Crippen LogP contribution < -0.4 is 93.8 Å². The van der Waals surface area contributed by atoms with Crippen molar-refractivity contribution in [2.75, 3.05) is 21.3 Å². The lowest BCUT2D eigenvalue weighted by atomic mass is 10.3. The first kappa shape index (κ1) is 88.3. The van der Waals surface area contributed by atoms with Gasteiger partial charge < -0.3 is 34.6 Å². The van der Waals surface area contributed by atoms with Crippen molar-refractivity contribution in [3.63, 3.8) is 0 Å². The van der Waals surface area contributed by atoms with Crippen molar-refractivity contribution in [1.82, 2.24) is 0 Å². The molecule has 0 fully saturated rings. The van der Waals surface area contributed by atoms with Crippen LogP contribution in [0, 0.1) is 75.6 Å². The van der Waals surface area contributed by atoms with E-state index in [1.807, 2.05) is 121 Å². The van der Waals surface area contributed by atoms with E-state index in [0.29, 0.717) is 16.8 Å². The summed E-state index contributed by atoms with van der Waals surface area (Å²) in [5.41, 5.74) is 0. The summed E-state index contributed by atoms with van der Waals surface area (Å²) in [6.07, 6.45) is 0. The third-order valence-corrected chi connectivity index (χ3v) is 30.8. The molecule has 7 nitrogen and oxygen atoms in total. The highest BCUT2D eigenvalue weighted by Gasteiger charge is 2.39. The SMILES string of the molecule is COc1ccc(P(c2ccc(OC)cc2)c2ccc(OC)cc2O)cc1.Oc1cc(F)ccc1P(c1ccc(F)cc1)c1ccc(F)cc1.Oc1ccccc1P(c1c(F)c(F)c(F)c(F)c1F)c1c(F)c(F)c(F)c(F)c1F.Oc1ccccc1P(c1ccccc1)c1ccccc1.Sc1ccccc1P(c1ccccc1)c1ccccc1. The van der Waals surface area contributed by atoms with E-state index in [-0.39, 0.29) is 23.1 Å². The number of ether oxygens (including phenoxy) is 3. The summed E-state index contributed by atoms with van der Waals surface area (Å²) in [6, 6.07) is 98.9. The van der Waals surface area contributed by atoms with Gasteiger partial charge in [0.05, 0.1) is 31.9 Å². The molecule has 0 amide bonds. The number of aromatic hydroxyl groups is 4. The maximum atomic E-state index is 14.4. The van der Waals surface area contributed by atoms with Crippen molar-refractivity contribution in [3.05, 3.63) is 403 Å². The Balaban J connectivity index is 0.000000147. The van der Waals surface area contributed by atoms with Crippen LogP contribution in [0.2, 0.25) is 0 Å². The Morgan fingerprint density at radius 3 is 0.756 bits per heavy atom. The van der Waals surface area contributed by atoms with E-state index in [1.165, 1.54) is 62.9 Å². The number of methoxy groups -OCH3 is 3. The Morgan fingerprint density at radius 2 is 0.445 bits per heavy atom. The summed E-state index contributed by atoms with van der Waals surface area (Å²) in [6.45, 7) is 0. The average Bonchev–Trinajstić information content (AvgIpc) is 0.736. The van der Waals surface area contributed by atoms with Gasteiger partial charge in [0.1, 0.15) is 57.7 Å². The molecule has 15 aromatic rings. The van der Waals surface area contributed by atoms with Crippen LogP contribution in [0.25, 0.3) is 0 Å². The molecule has 119 heavy (non-hydrogen) atoms. The fraction of sp³-hybridized carbons (Fsp3) is 0.0323. The van der Waals surface area contributed by atoms with Crippen molar-refractivity contribution in [2.45, 2.75) is 4.90 Å². The average molecular weight is 1730 g/mol. The quantitative estimate of drug-likeness (QED) is 0.0191. The van der Waals surface area contributed by atoms with Crippen molar-refractivity contribution in [2.24, 2.45) is 0 Å². The van der Waals surface area contributed by atoms with Crippen molar-refractivity contribution in [3.8, 4) is 40.2 Å². The van der Waals surface area contributed by atoms with Crippen LogP contribution in [0.1, 0.15) is 0 Å². The van der Waals surface area contributed by atoms with E-state index in [0.717, 1.165) is 78.6 Å². The minimum absolute atomic E-state index is 0.176. The van der Waals surface area contributed by atoms with Gasteiger partial charge in [-0.3, -0.25) is 0 Å². The molecule has 4 N–H and O–H groups in total. The van der Waals surface area contributed by atoms with E-state index < -0.39 is 125 Å². The summed E-state index contributed by atoms with van der Waals surface area (Å²) < 4.78 is 195. The van der Waals surface area contributed by atoms with Gasteiger partial charge in [-0.25, -0.2) is 57.1 Å². The monoisotopic (exact) mass is 1730 g/mol. The zero-order valence-corrected chi connectivity index (χ0v) is 68.2. The molecule has 0 atom stereocenters. The molecule has 0 aliphatic rings. The Morgan fingerprint density at radius 1 is 0.210 bits per heavy atom. The lowest BCUT2D eigenvalue weighted by molar-refractivity contribution is 0.383. The molecule has 0 aromatic heterocycles. The lowest BCUT2D eigenvalue weighted by Gasteiger charge is -2.23. The summed E-state index contributed by atoms with van der Waals surface area (Å²) >= 11 is 4.65. The number of phenols is 4. The molecule has 0 spiro atoms. The molecule has 0 heterocycles. The summed E-state index contributed by atoms with van der Waals surface area (Å²) in [5.74, 6) is -25.0. The van der Waals surface area contributed by atoms with Crippen LogP contribution in [0.15, 0.2) is 332 Å². The number of para-hydroxylation sites is 2. The Hall–Kier alpha value is -11.5. The zero-order chi connectivity index (χ0) is 85.0. The van der Waals surface area contributed by atoms with Gasteiger partial charge in [-0.1, -0.05) is 224 Å². The number of thiol groups is 1. The van der Waals surface area contributed by atoms with Gasteiger partial charge in [0.25, 0.3) is 0 Å². The first-order chi connectivity index (χ1) is 57.4. The van der Waals surface area contributed by atoms with E-state index in [4.69, 9.17) is 14.2 Å². The van der Waals surface area contributed by atoms with Crippen LogP contribution in [0.5, 0.6) is 40.2 Å². The van der Waals surface area contributed by atoms with E-state index in [2.05, 4.69) is 116 Å². The van der Waals surface area contributed by atoms with Crippen LogP contribution in [-0.4, -0.2) is 41.8 Å². The van der Waals surface area contributed by atoms with Gasteiger partial charge in [-0.15, -0.1) is 12.6 Å². The lowest BCUT2D eigenvalue weighted by Crippen LogP contribution is -2.33. The minimum Gasteiger partial charge on any atom is -0.507 e. The molecule has 604 valence electrons. The summed E-state index contributed by atoms with van der Waals surface area (Å²) in [4.78, 5) is 1.06. The third-order valence-electron chi connectivity index (χ3n) is 17.7. The molecule has 0 unspecified atom stereocenters. The predicted octanol–water partition coefficient (Wildman–Crippen LogP) is 18.2. The fourth-order valence-electron chi connectivity index (χ4n) is 12.1. The van der Waals surface area contributed by atoms with Crippen LogP contribution in [-0.2, 0) is 0 Å². The molecule has 0 aliphatic heterocycles. The second-order valence-electron chi connectivity index (χ2n) is 25.2. The second kappa shape index (κ2) is 41.7. The number of hydrogen-bond donors (Lipinski definition) is 5. The van der Waals surface area contributed by atoms with Gasteiger partial charge in [0.15, 0.2) is 46.5 Å². The van der Waals surface area contributed by atoms with Crippen molar-refractivity contribution >= 4 is 132 Å². The smallest absolute Gasteiger partial charge is 0.200 e.